The number of hydrogen-bond acceptors (Lipinski definition) is 5. The van der Waals surface area contributed by atoms with Crippen LogP contribution in [0.5, 0.6) is 0 Å². The van der Waals surface area contributed by atoms with Gasteiger partial charge in [0, 0.05) is 22.5 Å². The lowest BCUT2D eigenvalue weighted by Crippen LogP contribution is -2.54. The van der Waals surface area contributed by atoms with E-state index in [4.69, 9.17) is 0 Å². The number of carbonyl (C=O) groups excluding carboxylic acids is 3. The van der Waals surface area contributed by atoms with Gasteiger partial charge in [0.05, 0.1) is 29.1 Å². The number of pyridine rings is 1. The maximum absolute atomic E-state index is 13.9. The number of anilines is 1. The highest BCUT2D eigenvalue weighted by Crippen LogP contribution is 2.52. The number of hydrogen-bond donors (Lipinski definition) is 0. The van der Waals surface area contributed by atoms with E-state index in [1.807, 2.05) is 82.9 Å². The zero-order valence-electron chi connectivity index (χ0n) is 19.4. The minimum Gasteiger partial charge on any atom is -0.351 e. The van der Waals surface area contributed by atoms with Gasteiger partial charge in [-0.25, -0.2) is 0 Å². The zero-order valence-corrected chi connectivity index (χ0v) is 19.4. The Morgan fingerprint density at radius 3 is 2.31 bits per heavy atom. The van der Waals surface area contributed by atoms with E-state index in [9.17, 15) is 14.4 Å². The number of fused-ring (bicyclic) bond motifs is 7. The van der Waals surface area contributed by atoms with Crippen molar-refractivity contribution in [3.63, 3.8) is 0 Å². The largest absolute Gasteiger partial charge is 0.351 e. The van der Waals surface area contributed by atoms with Crippen molar-refractivity contribution in [3.8, 4) is 0 Å². The van der Waals surface area contributed by atoms with Gasteiger partial charge in [0.15, 0.2) is 5.78 Å². The first-order chi connectivity index (χ1) is 14.9. The van der Waals surface area contributed by atoms with E-state index in [0.29, 0.717) is 0 Å². The van der Waals surface area contributed by atoms with Gasteiger partial charge in [0.2, 0.25) is 11.8 Å². The Morgan fingerprint density at radius 1 is 0.969 bits per heavy atom. The molecule has 6 nitrogen and oxygen atoms in total. The Labute approximate surface area is 188 Å². The molecular formula is C26H29N3O3. The maximum Gasteiger partial charge on any atom is 0.236 e. The summed E-state index contributed by atoms with van der Waals surface area (Å²) in [6, 6.07) is 6.83. The molecule has 0 saturated carbocycles. The molecule has 5 rings (SSSR count). The van der Waals surface area contributed by atoms with Crippen LogP contribution in [0.3, 0.4) is 0 Å². The van der Waals surface area contributed by atoms with Crippen LogP contribution in [0.15, 0.2) is 36.5 Å². The maximum atomic E-state index is 13.9. The SMILES string of the molecule is CC(C)(C)C(=O)[C@H]1[C@@H]2C(=O)N(C(C)(C)C)C(=O)[C@@H]2[C@H]2C=Cc3ccc4cccnc4c3N21. The smallest absolute Gasteiger partial charge is 0.236 e. The zero-order chi connectivity index (χ0) is 23.2. The lowest BCUT2D eigenvalue weighted by Gasteiger charge is -2.40. The van der Waals surface area contributed by atoms with E-state index in [0.717, 1.165) is 22.2 Å². The number of ketones is 1. The molecule has 166 valence electrons. The van der Waals surface area contributed by atoms with Gasteiger partial charge in [-0.3, -0.25) is 24.3 Å². The quantitative estimate of drug-likeness (QED) is 0.642. The molecule has 2 amide bonds. The molecule has 0 unspecified atom stereocenters. The summed E-state index contributed by atoms with van der Waals surface area (Å²) in [4.78, 5) is 49.2. The summed E-state index contributed by atoms with van der Waals surface area (Å²) in [6.07, 6.45) is 5.73. The first-order valence-electron chi connectivity index (χ1n) is 11.2. The topological polar surface area (TPSA) is 70.6 Å². The number of benzene rings is 1. The highest BCUT2D eigenvalue weighted by molar-refractivity contribution is 6.13. The molecule has 0 aliphatic carbocycles. The van der Waals surface area contributed by atoms with Crippen molar-refractivity contribution in [3.05, 3.63) is 42.1 Å². The summed E-state index contributed by atoms with van der Waals surface area (Å²) in [7, 11) is 0. The molecule has 0 bridgehead atoms. The Bertz CT molecular complexity index is 1200. The van der Waals surface area contributed by atoms with Gasteiger partial charge in [0.1, 0.15) is 6.04 Å². The van der Waals surface area contributed by atoms with Crippen LogP contribution < -0.4 is 4.90 Å². The van der Waals surface area contributed by atoms with E-state index < -0.39 is 28.8 Å². The second-order valence-corrected chi connectivity index (χ2v) is 11.1. The number of Topliss-reactive ketones (excluding diaryl/α,β-unsaturated/α-hetero) is 1. The second-order valence-electron chi connectivity index (χ2n) is 11.1. The van der Waals surface area contributed by atoms with E-state index in [2.05, 4.69) is 4.98 Å². The van der Waals surface area contributed by atoms with Crippen molar-refractivity contribution >= 4 is 40.3 Å². The molecular weight excluding hydrogens is 402 g/mol. The summed E-state index contributed by atoms with van der Waals surface area (Å²) in [5.41, 5.74) is 1.28. The van der Waals surface area contributed by atoms with Gasteiger partial charge in [-0.1, -0.05) is 51.1 Å². The molecule has 2 aromatic rings. The van der Waals surface area contributed by atoms with Crippen molar-refractivity contribution in [1.29, 1.82) is 0 Å². The Hall–Kier alpha value is -3.02. The van der Waals surface area contributed by atoms with Crippen LogP contribution in [0.2, 0.25) is 0 Å². The molecule has 2 fully saturated rings. The van der Waals surface area contributed by atoms with Crippen LogP contribution in [-0.4, -0.2) is 45.1 Å². The fourth-order valence-electron chi connectivity index (χ4n) is 5.58. The van der Waals surface area contributed by atoms with E-state index >= 15 is 0 Å². The summed E-state index contributed by atoms with van der Waals surface area (Å²) in [5, 5.41) is 0.966. The second kappa shape index (κ2) is 6.50. The van der Waals surface area contributed by atoms with E-state index in [1.165, 1.54) is 4.90 Å². The molecule has 1 aromatic heterocycles. The summed E-state index contributed by atoms with van der Waals surface area (Å²) in [5.74, 6) is -1.74. The Morgan fingerprint density at radius 2 is 1.66 bits per heavy atom. The van der Waals surface area contributed by atoms with Crippen molar-refractivity contribution < 1.29 is 14.4 Å². The van der Waals surface area contributed by atoms with Crippen molar-refractivity contribution in [2.45, 2.75) is 59.2 Å². The van der Waals surface area contributed by atoms with Gasteiger partial charge in [-0.05, 0) is 32.4 Å². The fourth-order valence-corrected chi connectivity index (χ4v) is 5.58. The average molecular weight is 432 g/mol. The molecule has 0 radical (unpaired) electrons. The van der Waals surface area contributed by atoms with E-state index in [1.54, 1.807) is 6.20 Å². The number of aromatic nitrogens is 1. The lowest BCUT2D eigenvalue weighted by atomic mass is 9.79. The predicted molar refractivity (Wildman–Crippen MR) is 124 cm³/mol. The third kappa shape index (κ3) is 2.71. The average Bonchev–Trinajstić information content (AvgIpc) is 3.18. The molecule has 4 heterocycles. The number of amides is 2. The minimum absolute atomic E-state index is 0.0268. The van der Waals surface area contributed by atoms with Crippen molar-refractivity contribution in [1.82, 2.24) is 9.88 Å². The minimum atomic E-state index is -0.717. The molecule has 0 N–H and O–H groups in total. The summed E-state index contributed by atoms with van der Waals surface area (Å²) in [6.45, 7) is 11.2. The Kier molecular flexibility index (Phi) is 4.24. The molecule has 4 atom stereocenters. The normalized spacial score (nSPS) is 27.1. The molecule has 2 saturated heterocycles. The number of imide groups is 1. The monoisotopic (exact) mass is 431 g/mol. The fraction of sp³-hybridized carbons (Fsp3) is 0.462. The van der Waals surface area contributed by atoms with Crippen LogP contribution in [-0.2, 0) is 14.4 Å². The van der Waals surface area contributed by atoms with Crippen LogP contribution >= 0.6 is 0 Å². The van der Waals surface area contributed by atoms with Gasteiger partial charge < -0.3 is 4.90 Å². The van der Waals surface area contributed by atoms with Gasteiger partial charge >= 0.3 is 0 Å². The lowest BCUT2D eigenvalue weighted by molar-refractivity contribution is -0.146. The number of likely N-dealkylation sites (tertiary alicyclic amines) is 1. The van der Waals surface area contributed by atoms with Crippen LogP contribution in [0.4, 0.5) is 5.69 Å². The van der Waals surface area contributed by atoms with Crippen LogP contribution in [0.25, 0.3) is 17.0 Å². The number of carbonyl (C=O) groups is 3. The molecule has 32 heavy (non-hydrogen) atoms. The van der Waals surface area contributed by atoms with Crippen LogP contribution in [0.1, 0.15) is 47.1 Å². The molecule has 3 aliphatic rings. The molecule has 6 heteroatoms. The summed E-state index contributed by atoms with van der Waals surface area (Å²) >= 11 is 0. The number of nitrogens with zero attached hydrogens (tertiary/aromatic N) is 3. The third-order valence-electron chi connectivity index (χ3n) is 6.92. The van der Waals surface area contributed by atoms with Crippen LogP contribution in [0, 0.1) is 17.3 Å². The first-order valence-corrected chi connectivity index (χ1v) is 11.2. The third-order valence-corrected chi connectivity index (χ3v) is 6.92. The first kappa shape index (κ1) is 20.9. The standard InChI is InChI=1S/C26H29N3O3/c1-25(2,3)22(30)21-18-17(23(31)29(24(18)32)26(4,5)6)16-12-11-15-10-9-14-8-7-13-27-19(14)20(15)28(16)21/h7-13,16-18,21H,1-6H3/t16-,17-,18-,21-/m1/s1. The van der Waals surface area contributed by atoms with Gasteiger partial charge in [0.25, 0.3) is 0 Å². The Balaban J connectivity index is 1.76. The molecule has 1 aromatic carbocycles. The highest BCUT2D eigenvalue weighted by Gasteiger charge is 2.66. The van der Waals surface area contributed by atoms with Gasteiger partial charge in [-0.15, -0.1) is 0 Å². The predicted octanol–water partition coefficient (Wildman–Crippen LogP) is 3.83. The van der Waals surface area contributed by atoms with E-state index in [-0.39, 0.29) is 23.6 Å². The van der Waals surface area contributed by atoms with Gasteiger partial charge in [-0.2, -0.15) is 0 Å². The molecule has 0 spiro atoms. The molecule has 3 aliphatic heterocycles. The van der Waals surface area contributed by atoms with Crippen molar-refractivity contribution in [2.24, 2.45) is 17.3 Å². The highest BCUT2D eigenvalue weighted by atomic mass is 16.2. The summed E-state index contributed by atoms with van der Waals surface area (Å²) < 4.78 is 0. The number of rotatable bonds is 1. The van der Waals surface area contributed by atoms with Crippen molar-refractivity contribution in [2.75, 3.05) is 4.90 Å².